The Labute approximate surface area is 80.7 Å². The molecule has 0 amide bonds. The molecule has 1 N–H and O–H groups in total. The van der Waals surface area contributed by atoms with E-state index in [1.54, 1.807) is 12.2 Å². The molecule has 1 atom stereocenters. The predicted molar refractivity (Wildman–Crippen MR) is 54.5 cm³/mol. The number of carbonyl (C=O) groups is 1. The first-order valence-corrected chi connectivity index (χ1v) is 4.95. The largest absolute Gasteiger partial charge is 0.389 e. The zero-order valence-corrected chi connectivity index (χ0v) is 8.57. The molecule has 0 aliphatic carbocycles. The zero-order chi connectivity index (χ0) is 10.1. The summed E-state index contributed by atoms with van der Waals surface area (Å²) in [5, 5.41) is 9.39. The van der Waals surface area contributed by atoms with Gasteiger partial charge in [0.2, 0.25) is 0 Å². The van der Waals surface area contributed by atoms with Gasteiger partial charge in [0, 0.05) is 6.42 Å². The lowest BCUT2D eigenvalue weighted by Crippen LogP contribution is -2.02. The van der Waals surface area contributed by atoms with E-state index in [2.05, 4.69) is 13.8 Å². The number of carbonyl (C=O) groups excluding carboxylic acids is 1. The Kier molecular flexibility index (Phi) is 7.60. The second-order valence-corrected chi connectivity index (χ2v) is 3.72. The Morgan fingerprint density at radius 2 is 2.00 bits per heavy atom. The highest BCUT2D eigenvalue weighted by atomic mass is 16.3. The Morgan fingerprint density at radius 3 is 2.54 bits per heavy atom. The lowest BCUT2D eigenvalue weighted by molar-refractivity contribution is -0.107. The molecule has 0 aromatic carbocycles. The second kappa shape index (κ2) is 7.99. The summed E-state index contributed by atoms with van der Waals surface area (Å²) in [6, 6.07) is 0. The third kappa shape index (κ3) is 9.28. The van der Waals surface area contributed by atoms with Crippen molar-refractivity contribution in [2.75, 3.05) is 0 Å². The molecule has 0 spiro atoms. The van der Waals surface area contributed by atoms with Crippen molar-refractivity contribution >= 4 is 6.29 Å². The molecule has 0 aromatic heterocycles. The molecule has 0 heterocycles. The number of hydrogen-bond donors (Lipinski definition) is 1. The molecule has 1 unspecified atom stereocenters. The van der Waals surface area contributed by atoms with Gasteiger partial charge in [-0.05, 0) is 12.3 Å². The minimum absolute atomic E-state index is 0.376. The van der Waals surface area contributed by atoms with Crippen molar-refractivity contribution in [3.63, 3.8) is 0 Å². The van der Waals surface area contributed by atoms with E-state index in [0.29, 0.717) is 12.3 Å². The van der Waals surface area contributed by atoms with E-state index in [1.165, 1.54) is 0 Å². The molecule has 2 nitrogen and oxygen atoms in total. The van der Waals surface area contributed by atoms with Gasteiger partial charge in [-0.2, -0.15) is 0 Å². The highest BCUT2D eigenvalue weighted by Gasteiger charge is 1.99. The van der Waals surface area contributed by atoms with E-state index in [4.69, 9.17) is 0 Å². The molecule has 0 rings (SSSR count). The molecule has 0 saturated heterocycles. The van der Waals surface area contributed by atoms with Gasteiger partial charge < -0.3 is 9.90 Å². The van der Waals surface area contributed by atoms with Gasteiger partial charge >= 0.3 is 0 Å². The third-order valence-electron chi connectivity index (χ3n) is 1.87. The van der Waals surface area contributed by atoms with Gasteiger partial charge in [-0.25, -0.2) is 0 Å². The Morgan fingerprint density at radius 1 is 1.31 bits per heavy atom. The Bertz CT molecular complexity index is 150. The molecular weight excluding hydrogens is 164 g/mol. The molecule has 0 fully saturated rings. The molecular formula is C11H20O2. The molecule has 0 bridgehead atoms. The van der Waals surface area contributed by atoms with Gasteiger partial charge in [0.05, 0.1) is 6.10 Å². The van der Waals surface area contributed by atoms with Crippen molar-refractivity contribution in [2.24, 2.45) is 5.92 Å². The van der Waals surface area contributed by atoms with Crippen LogP contribution in [0.4, 0.5) is 0 Å². The van der Waals surface area contributed by atoms with Crippen LogP contribution in [-0.4, -0.2) is 17.5 Å². The quantitative estimate of drug-likeness (QED) is 0.487. The fraction of sp³-hybridized carbons (Fsp3) is 0.727. The maximum atomic E-state index is 9.96. The molecule has 0 aliphatic rings. The van der Waals surface area contributed by atoms with Crippen LogP contribution in [0.15, 0.2) is 12.2 Å². The molecule has 0 radical (unpaired) electrons. The first kappa shape index (κ1) is 12.4. The van der Waals surface area contributed by atoms with Crippen LogP contribution in [0.5, 0.6) is 0 Å². The van der Waals surface area contributed by atoms with Crippen LogP contribution in [-0.2, 0) is 4.79 Å². The maximum Gasteiger partial charge on any atom is 0.123 e. The van der Waals surface area contributed by atoms with Gasteiger partial charge in [-0.15, -0.1) is 0 Å². The number of rotatable bonds is 7. The minimum Gasteiger partial charge on any atom is -0.389 e. The standard InChI is InChI=1S/C11H20O2/c1-10(2)6-5-8-11(13)7-3-4-9-12/h3,7,9-11,13H,4-6,8H2,1-2H3. The average molecular weight is 184 g/mol. The fourth-order valence-corrected chi connectivity index (χ4v) is 1.12. The van der Waals surface area contributed by atoms with Crippen molar-refractivity contribution in [2.45, 2.75) is 45.6 Å². The van der Waals surface area contributed by atoms with Crippen molar-refractivity contribution in [3.8, 4) is 0 Å². The summed E-state index contributed by atoms with van der Waals surface area (Å²) in [6.45, 7) is 4.35. The van der Waals surface area contributed by atoms with E-state index in [9.17, 15) is 9.90 Å². The van der Waals surface area contributed by atoms with Gasteiger partial charge in [-0.1, -0.05) is 38.8 Å². The maximum absolute atomic E-state index is 9.96. The second-order valence-electron chi connectivity index (χ2n) is 3.72. The predicted octanol–water partition coefficient (Wildman–Crippen LogP) is 2.32. The summed E-state index contributed by atoms with van der Waals surface area (Å²) in [5.41, 5.74) is 0. The third-order valence-corrected chi connectivity index (χ3v) is 1.87. The number of aliphatic hydroxyl groups is 1. The van der Waals surface area contributed by atoms with Gasteiger partial charge in [0.25, 0.3) is 0 Å². The van der Waals surface area contributed by atoms with Gasteiger partial charge in [-0.3, -0.25) is 0 Å². The Balaban J connectivity index is 3.39. The van der Waals surface area contributed by atoms with E-state index in [0.717, 1.165) is 25.5 Å². The zero-order valence-electron chi connectivity index (χ0n) is 8.57. The molecule has 0 saturated carbocycles. The molecule has 0 aliphatic heterocycles. The van der Waals surface area contributed by atoms with Crippen molar-refractivity contribution in [1.82, 2.24) is 0 Å². The number of hydrogen-bond acceptors (Lipinski definition) is 2. The summed E-state index contributed by atoms with van der Waals surface area (Å²) in [6.07, 6.45) is 7.27. The van der Waals surface area contributed by atoms with Crippen LogP contribution in [0.1, 0.15) is 39.5 Å². The fourth-order valence-electron chi connectivity index (χ4n) is 1.12. The molecule has 0 aromatic rings. The highest BCUT2D eigenvalue weighted by molar-refractivity contribution is 5.51. The summed E-state index contributed by atoms with van der Waals surface area (Å²) in [4.78, 5) is 9.96. The highest BCUT2D eigenvalue weighted by Crippen LogP contribution is 2.08. The van der Waals surface area contributed by atoms with Crippen LogP contribution in [0.25, 0.3) is 0 Å². The summed E-state index contributed by atoms with van der Waals surface area (Å²) >= 11 is 0. The summed E-state index contributed by atoms with van der Waals surface area (Å²) < 4.78 is 0. The van der Waals surface area contributed by atoms with Crippen LogP contribution in [0.3, 0.4) is 0 Å². The van der Waals surface area contributed by atoms with Crippen molar-refractivity contribution in [1.29, 1.82) is 0 Å². The van der Waals surface area contributed by atoms with Gasteiger partial charge in [0.1, 0.15) is 6.29 Å². The SMILES string of the molecule is CC(C)CCCC(O)C=CCC=O. The van der Waals surface area contributed by atoms with E-state index < -0.39 is 0 Å². The van der Waals surface area contributed by atoms with Crippen LogP contribution in [0.2, 0.25) is 0 Å². The molecule has 2 heteroatoms. The number of aliphatic hydroxyl groups excluding tert-OH is 1. The topological polar surface area (TPSA) is 37.3 Å². The average Bonchev–Trinajstić information content (AvgIpc) is 2.04. The normalized spacial score (nSPS) is 13.8. The number of aldehydes is 1. The van der Waals surface area contributed by atoms with Crippen molar-refractivity contribution in [3.05, 3.63) is 12.2 Å². The lowest BCUT2D eigenvalue weighted by Gasteiger charge is -2.06. The first-order chi connectivity index (χ1) is 6.16. The monoisotopic (exact) mass is 184 g/mol. The van der Waals surface area contributed by atoms with Crippen LogP contribution < -0.4 is 0 Å². The van der Waals surface area contributed by atoms with E-state index in [1.807, 2.05) is 0 Å². The Hall–Kier alpha value is -0.630. The molecule has 13 heavy (non-hydrogen) atoms. The van der Waals surface area contributed by atoms with Gasteiger partial charge in [0.15, 0.2) is 0 Å². The lowest BCUT2D eigenvalue weighted by atomic mass is 10.0. The number of allylic oxidation sites excluding steroid dienone is 1. The summed E-state index contributed by atoms with van der Waals surface area (Å²) in [7, 11) is 0. The van der Waals surface area contributed by atoms with Crippen LogP contribution >= 0.6 is 0 Å². The van der Waals surface area contributed by atoms with Crippen LogP contribution in [0, 0.1) is 5.92 Å². The smallest absolute Gasteiger partial charge is 0.123 e. The summed E-state index contributed by atoms with van der Waals surface area (Å²) in [5.74, 6) is 0.700. The van der Waals surface area contributed by atoms with Crippen molar-refractivity contribution < 1.29 is 9.90 Å². The van der Waals surface area contributed by atoms with E-state index in [-0.39, 0.29) is 6.10 Å². The van der Waals surface area contributed by atoms with E-state index >= 15 is 0 Å². The first-order valence-electron chi connectivity index (χ1n) is 4.95. The minimum atomic E-state index is -0.376. The molecule has 76 valence electrons.